The van der Waals surface area contributed by atoms with E-state index in [4.69, 9.17) is 4.74 Å². The fourth-order valence-electron chi connectivity index (χ4n) is 4.10. The van der Waals surface area contributed by atoms with Crippen molar-refractivity contribution in [1.82, 2.24) is 9.78 Å². The molecule has 0 aliphatic heterocycles. The lowest BCUT2D eigenvalue weighted by Gasteiger charge is -2.23. The Hall–Kier alpha value is -3.67. The van der Waals surface area contributed by atoms with E-state index in [0.717, 1.165) is 28.3 Å². The van der Waals surface area contributed by atoms with Crippen LogP contribution in [0.2, 0.25) is 0 Å². The summed E-state index contributed by atoms with van der Waals surface area (Å²) in [5.41, 5.74) is 5.23. The quantitative estimate of drug-likeness (QED) is 0.624. The van der Waals surface area contributed by atoms with Crippen molar-refractivity contribution < 1.29 is 19.4 Å². The highest BCUT2D eigenvalue weighted by molar-refractivity contribution is 6.14. The number of aryl methyl sites for hydroxylation is 1. The number of aliphatic carboxylic acids is 1. The number of aromatic nitrogens is 2. The summed E-state index contributed by atoms with van der Waals surface area (Å²) in [6.45, 7) is 4.46. The maximum Gasteiger partial charge on any atom is 0.311 e. The summed E-state index contributed by atoms with van der Waals surface area (Å²) < 4.78 is 7.11. The van der Waals surface area contributed by atoms with E-state index in [-0.39, 0.29) is 12.2 Å². The highest BCUT2D eigenvalue weighted by Crippen LogP contribution is 2.36. The van der Waals surface area contributed by atoms with Gasteiger partial charge in [-0.3, -0.25) is 14.3 Å². The van der Waals surface area contributed by atoms with E-state index >= 15 is 0 Å². The van der Waals surface area contributed by atoms with E-state index < -0.39 is 11.9 Å². The molecular weight excluding hydrogens is 392 g/mol. The van der Waals surface area contributed by atoms with Gasteiger partial charge in [0.2, 0.25) is 0 Å². The normalized spacial score (nSPS) is 16.9. The zero-order chi connectivity index (χ0) is 22.1. The molecule has 6 heteroatoms. The number of carboxylic acid groups (broad SMARTS) is 1. The van der Waals surface area contributed by atoms with Crippen molar-refractivity contribution in [3.05, 3.63) is 87.7 Å². The molecule has 0 spiro atoms. The van der Waals surface area contributed by atoms with Gasteiger partial charge in [-0.15, -0.1) is 0 Å². The molecule has 0 bridgehead atoms. The van der Waals surface area contributed by atoms with Gasteiger partial charge in [-0.1, -0.05) is 36.4 Å². The van der Waals surface area contributed by atoms with Gasteiger partial charge >= 0.3 is 5.97 Å². The summed E-state index contributed by atoms with van der Waals surface area (Å²) in [6.07, 6.45) is 1.99. The molecule has 6 nitrogen and oxygen atoms in total. The maximum absolute atomic E-state index is 13.1. The Morgan fingerprint density at radius 3 is 2.58 bits per heavy atom. The average Bonchev–Trinajstić information content (AvgIpc) is 3.03. The standard InChI is InChI=1S/C25H24N2O4/c1-15-22(16(2)27(26-15)14-17-8-10-19(31-3)11-9-17)12-18-13-23(25(29)30)20-6-4-5-7-21(20)24(18)28/h4-12,23H,13-14H2,1-3H3,(H,29,30). The number of benzene rings is 2. The van der Waals surface area contributed by atoms with Crippen LogP contribution in [0.25, 0.3) is 6.08 Å². The predicted octanol–water partition coefficient (Wildman–Crippen LogP) is 4.40. The number of Topliss-reactive ketones (excluding diaryl/α,β-unsaturated/α-hetero) is 1. The molecule has 4 rings (SSSR count). The molecule has 0 amide bonds. The van der Waals surface area contributed by atoms with Crippen LogP contribution in [0.3, 0.4) is 0 Å². The van der Waals surface area contributed by atoms with E-state index in [0.29, 0.717) is 23.2 Å². The van der Waals surface area contributed by atoms with E-state index in [1.807, 2.05) is 48.9 Å². The minimum Gasteiger partial charge on any atom is -0.497 e. The molecule has 0 saturated heterocycles. The minimum absolute atomic E-state index is 0.116. The summed E-state index contributed by atoms with van der Waals surface area (Å²) in [7, 11) is 1.63. The molecule has 3 aromatic rings. The number of hydrogen-bond acceptors (Lipinski definition) is 4. The number of ketones is 1. The number of carbonyl (C=O) groups is 2. The lowest BCUT2D eigenvalue weighted by Crippen LogP contribution is -2.23. The first-order chi connectivity index (χ1) is 14.9. The second-order valence-electron chi connectivity index (χ2n) is 7.77. The second-order valence-corrected chi connectivity index (χ2v) is 7.77. The average molecular weight is 416 g/mol. The van der Waals surface area contributed by atoms with Crippen LogP contribution >= 0.6 is 0 Å². The monoisotopic (exact) mass is 416 g/mol. The molecule has 1 N–H and O–H groups in total. The molecular formula is C25H24N2O4. The molecule has 158 valence electrons. The van der Waals surface area contributed by atoms with Gasteiger partial charge < -0.3 is 9.84 Å². The topological polar surface area (TPSA) is 81.4 Å². The van der Waals surface area contributed by atoms with Crippen LogP contribution in [0.4, 0.5) is 0 Å². The zero-order valence-corrected chi connectivity index (χ0v) is 17.8. The molecule has 1 unspecified atom stereocenters. The number of nitrogens with zero attached hydrogens (tertiary/aromatic N) is 2. The minimum atomic E-state index is -0.922. The van der Waals surface area contributed by atoms with Crippen LogP contribution < -0.4 is 4.74 Å². The van der Waals surface area contributed by atoms with Crippen LogP contribution in [0.15, 0.2) is 54.1 Å². The first-order valence-electron chi connectivity index (χ1n) is 10.1. The lowest BCUT2D eigenvalue weighted by molar-refractivity contribution is -0.138. The van der Waals surface area contributed by atoms with Gasteiger partial charge in [0.25, 0.3) is 0 Å². The summed E-state index contributed by atoms with van der Waals surface area (Å²) >= 11 is 0. The van der Waals surface area contributed by atoms with E-state index in [2.05, 4.69) is 5.10 Å². The number of rotatable bonds is 5. The van der Waals surface area contributed by atoms with Gasteiger partial charge in [0.15, 0.2) is 5.78 Å². The molecule has 0 radical (unpaired) electrons. The van der Waals surface area contributed by atoms with Crippen molar-refractivity contribution in [1.29, 1.82) is 0 Å². The molecule has 31 heavy (non-hydrogen) atoms. The fourth-order valence-corrected chi connectivity index (χ4v) is 4.10. The number of carboxylic acids is 1. The summed E-state index contributed by atoms with van der Waals surface area (Å²) in [6, 6.07) is 14.8. The van der Waals surface area contributed by atoms with Crippen molar-refractivity contribution in [2.75, 3.05) is 7.11 Å². The molecule has 1 heterocycles. The van der Waals surface area contributed by atoms with Crippen molar-refractivity contribution in [3.63, 3.8) is 0 Å². The maximum atomic E-state index is 13.1. The highest BCUT2D eigenvalue weighted by Gasteiger charge is 2.33. The Balaban J connectivity index is 1.68. The summed E-state index contributed by atoms with van der Waals surface area (Å²) in [5.74, 6) is -0.967. The Kier molecular flexibility index (Phi) is 5.46. The van der Waals surface area contributed by atoms with Crippen molar-refractivity contribution >= 4 is 17.8 Å². The van der Waals surface area contributed by atoms with E-state index in [1.165, 1.54) is 0 Å². The summed E-state index contributed by atoms with van der Waals surface area (Å²) in [5, 5.41) is 14.4. The van der Waals surface area contributed by atoms with Crippen LogP contribution in [-0.2, 0) is 11.3 Å². The molecule has 1 aliphatic carbocycles. The SMILES string of the molecule is COc1ccc(Cn2nc(C)c(C=C3CC(C(=O)O)c4ccccc4C3=O)c2C)cc1. The predicted molar refractivity (Wildman–Crippen MR) is 118 cm³/mol. The van der Waals surface area contributed by atoms with Gasteiger partial charge in [-0.25, -0.2) is 0 Å². The number of methoxy groups -OCH3 is 1. The number of ether oxygens (including phenoxy) is 1. The molecule has 1 aromatic heterocycles. The highest BCUT2D eigenvalue weighted by atomic mass is 16.5. The Bertz CT molecular complexity index is 1190. The summed E-state index contributed by atoms with van der Waals surface area (Å²) in [4.78, 5) is 24.9. The smallest absolute Gasteiger partial charge is 0.311 e. The third-order valence-electron chi connectivity index (χ3n) is 5.84. The van der Waals surface area contributed by atoms with Gasteiger partial charge in [0.1, 0.15) is 5.75 Å². The van der Waals surface area contributed by atoms with Crippen LogP contribution in [0, 0.1) is 13.8 Å². The third kappa shape index (κ3) is 3.89. The Labute approximate surface area is 180 Å². The molecule has 0 saturated carbocycles. The Morgan fingerprint density at radius 2 is 1.90 bits per heavy atom. The van der Waals surface area contributed by atoms with Crippen LogP contribution in [0.5, 0.6) is 5.75 Å². The van der Waals surface area contributed by atoms with Crippen molar-refractivity contribution in [3.8, 4) is 5.75 Å². The largest absolute Gasteiger partial charge is 0.497 e. The number of carbonyl (C=O) groups excluding carboxylic acids is 1. The second kappa shape index (κ2) is 8.22. The fraction of sp³-hybridized carbons (Fsp3) is 0.240. The van der Waals surface area contributed by atoms with Crippen molar-refractivity contribution in [2.24, 2.45) is 0 Å². The lowest BCUT2D eigenvalue weighted by atomic mass is 9.78. The van der Waals surface area contributed by atoms with Gasteiger partial charge in [-0.2, -0.15) is 5.10 Å². The van der Waals surface area contributed by atoms with E-state index in [1.54, 1.807) is 31.4 Å². The number of allylic oxidation sites excluding steroid dienone is 1. The molecule has 1 aliphatic rings. The number of fused-ring (bicyclic) bond motifs is 1. The first-order valence-corrected chi connectivity index (χ1v) is 10.1. The van der Waals surface area contributed by atoms with E-state index in [9.17, 15) is 14.7 Å². The Morgan fingerprint density at radius 1 is 1.19 bits per heavy atom. The first kappa shape index (κ1) is 20.6. The number of hydrogen-bond donors (Lipinski definition) is 1. The third-order valence-corrected chi connectivity index (χ3v) is 5.84. The molecule has 2 aromatic carbocycles. The van der Waals surface area contributed by atoms with Gasteiger partial charge in [0.05, 0.1) is 25.3 Å². The molecule has 1 atom stereocenters. The van der Waals surface area contributed by atoms with Gasteiger partial charge in [-0.05, 0) is 49.6 Å². The van der Waals surface area contributed by atoms with Crippen LogP contribution in [-0.4, -0.2) is 33.7 Å². The van der Waals surface area contributed by atoms with Gasteiger partial charge in [0, 0.05) is 22.4 Å². The zero-order valence-electron chi connectivity index (χ0n) is 17.8. The molecule has 0 fully saturated rings. The van der Waals surface area contributed by atoms with Crippen LogP contribution in [0.1, 0.15) is 50.8 Å². The van der Waals surface area contributed by atoms with Crippen molar-refractivity contribution in [2.45, 2.75) is 32.7 Å².